The lowest BCUT2D eigenvalue weighted by atomic mass is 9.98. The Kier molecular flexibility index (Phi) is 4.12. The summed E-state index contributed by atoms with van der Waals surface area (Å²) >= 11 is 9.25. The number of anilines is 1. The largest absolute Gasteiger partial charge is 0.398 e. The van der Waals surface area contributed by atoms with E-state index in [2.05, 4.69) is 15.9 Å². The maximum atomic E-state index is 11.4. The second kappa shape index (κ2) is 5.63. The zero-order valence-corrected chi connectivity index (χ0v) is 12.2. The topological polar surface area (TPSA) is 69.1 Å². The highest BCUT2D eigenvalue weighted by molar-refractivity contribution is 9.10. The van der Waals surface area contributed by atoms with Crippen molar-refractivity contribution in [1.29, 1.82) is 0 Å². The predicted molar refractivity (Wildman–Crippen MR) is 81.0 cm³/mol. The van der Waals surface area contributed by atoms with E-state index >= 15 is 0 Å². The van der Waals surface area contributed by atoms with E-state index in [1.54, 1.807) is 30.7 Å². The Bertz CT molecular complexity index is 643. The molecule has 1 radical (unpaired) electrons. The summed E-state index contributed by atoms with van der Waals surface area (Å²) in [4.78, 5) is 11.4. The highest BCUT2D eigenvalue weighted by Crippen LogP contribution is 2.25. The average Bonchev–Trinajstić information content (AvgIpc) is 2.35. The van der Waals surface area contributed by atoms with Crippen LogP contribution in [0.2, 0.25) is 5.02 Å². The number of amides is 1. The molecule has 0 spiro atoms. The van der Waals surface area contributed by atoms with Gasteiger partial charge in [0.25, 0.3) is 0 Å². The fourth-order valence-electron chi connectivity index (χ4n) is 1.71. The molecule has 2 aromatic rings. The van der Waals surface area contributed by atoms with E-state index in [1.165, 1.54) is 0 Å². The first kappa shape index (κ1) is 13.9. The van der Waals surface area contributed by atoms with Gasteiger partial charge in [0.2, 0.25) is 5.91 Å². The van der Waals surface area contributed by atoms with Gasteiger partial charge in [0.05, 0.1) is 0 Å². The lowest BCUT2D eigenvalue weighted by Crippen LogP contribution is -2.13. The van der Waals surface area contributed by atoms with Crippen molar-refractivity contribution >= 4 is 39.1 Å². The Morgan fingerprint density at radius 2 is 1.89 bits per heavy atom. The molecule has 0 aliphatic carbocycles. The standard InChI is InChI=1S/C14H11BrClN2O/c15-10-2-4-13(17)9(6-10)5-8-1-3-11(16)7-12(8)14(18)19/h1-7H,17H2,(H2,18,19). The number of carbonyl (C=O) groups is 1. The van der Waals surface area contributed by atoms with Crippen molar-refractivity contribution in [2.24, 2.45) is 5.73 Å². The van der Waals surface area contributed by atoms with Crippen molar-refractivity contribution < 1.29 is 4.79 Å². The fourth-order valence-corrected chi connectivity index (χ4v) is 2.26. The molecular formula is C14H11BrClN2O. The number of rotatable bonds is 3. The van der Waals surface area contributed by atoms with Gasteiger partial charge in [0.15, 0.2) is 0 Å². The molecule has 2 aromatic carbocycles. The molecule has 0 bridgehead atoms. The van der Waals surface area contributed by atoms with Crippen LogP contribution in [0.15, 0.2) is 40.9 Å². The maximum Gasteiger partial charge on any atom is 0.249 e. The van der Waals surface area contributed by atoms with Gasteiger partial charge in [-0.1, -0.05) is 33.6 Å². The van der Waals surface area contributed by atoms with E-state index in [9.17, 15) is 4.79 Å². The van der Waals surface area contributed by atoms with Gasteiger partial charge in [-0.3, -0.25) is 4.79 Å². The molecule has 97 valence electrons. The molecule has 5 heteroatoms. The molecule has 0 fully saturated rings. The molecule has 0 saturated carbocycles. The van der Waals surface area contributed by atoms with Gasteiger partial charge < -0.3 is 11.5 Å². The van der Waals surface area contributed by atoms with E-state index in [-0.39, 0.29) is 0 Å². The van der Waals surface area contributed by atoms with Crippen LogP contribution in [0.1, 0.15) is 21.5 Å². The van der Waals surface area contributed by atoms with Gasteiger partial charge in [0, 0.05) is 27.2 Å². The maximum absolute atomic E-state index is 11.4. The monoisotopic (exact) mass is 337 g/mol. The van der Waals surface area contributed by atoms with Crippen molar-refractivity contribution in [3.63, 3.8) is 0 Å². The number of hydrogen-bond donors (Lipinski definition) is 2. The minimum atomic E-state index is -0.526. The number of benzene rings is 2. The third-order valence-electron chi connectivity index (χ3n) is 2.64. The van der Waals surface area contributed by atoms with Crippen molar-refractivity contribution in [1.82, 2.24) is 0 Å². The lowest BCUT2D eigenvalue weighted by Gasteiger charge is -2.09. The Hall–Kier alpha value is -1.52. The van der Waals surface area contributed by atoms with Gasteiger partial charge in [0.1, 0.15) is 0 Å². The quantitative estimate of drug-likeness (QED) is 0.842. The first-order valence-corrected chi connectivity index (χ1v) is 6.63. The van der Waals surface area contributed by atoms with Crippen LogP contribution in [-0.2, 0) is 0 Å². The highest BCUT2D eigenvalue weighted by atomic mass is 79.9. The molecule has 3 nitrogen and oxygen atoms in total. The summed E-state index contributed by atoms with van der Waals surface area (Å²) in [5.74, 6) is -0.526. The van der Waals surface area contributed by atoms with Crippen LogP contribution in [0.3, 0.4) is 0 Å². The first-order chi connectivity index (χ1) is 8.97. The Morgan fingerprint density at radius 3 is 2.58 bits per heavy atom. The van der Waals surface area contributed by atoms with Crippen molar-refractivity contribution in [3.05, 3.63) is 69.0 Å². The van der Waals surface area contributed by atoms with Gasteiger partial charge in [-0.15, -0.1) is 0 Å². The second-order valence-electron chi connectivity index (χ2n) is 4.01. The number of carbonyl (C=O) groups excluding carboxylic acids is 1. The van der Waals surface area contributed by atoms with E-state index in [4.69, 9.17) is 23.1 Å². The normalized spacial score (nSPS) is 10.4. The third-order valence-corrected chi connectivity index (χ3v) is 3.37. The molecule has 0 unspecified atom stereocenters. The Morgan fingerprint density at radius 1 is 1.16 bits per heavy atom. The molecular weight excluding hydrogens is 328 g/mol. The molecule has 0 heterocycles. The number of hydrogen-bond acceptors (Lipinski definition) is 2. The van der Waals surface area contributed by atoms with E-state index in [1.807, 2.05) is 12.1 Å². The summed E-state index contributed by atoms with van der Waals surface area (Å²) < 4.78 is 0.905. The van der Waals surface area contributed by atoms with Gasteiger partial charge >= 0.3 is 0 Å². The van der Waals surface area contributed by atoms with Crippen LogP contribution in [0.4, 0.5) is 5.69 Å². The first-order valence-electron chi connectivity index (χ1n) is 5.46. The number of nitrogens with two attached hydrogens (primary N) is 2. The average molecular weight is 339 g/mol. The van der Waals surface area contributed by atoms with E-state index in [0.29, 0.717) is 21.8 Å². The summed E-state index contributed by atoms with van der Waals surface area (Å²) in [6.45, 7) is 0. The Labute approximate surface area is 124 Å². The summed E-state index contributed by atoms with van der Waals surface area (Å²) in [5.41, 5.74) is 13.7. The molecule has 2 rings (SSSR count). The van der Waals surface area contributed by atoms with E-state index in [0.717, 1.165) is 10.0 Å². The van der Waals surface area contributed by atoms with Crippen molar-refractivity contribution in [2.75, 3.05) is 5.73 Å². The van der Waals surface area contributed by atoms with Gasteiger partial charge in [-0.05, 0) is 41.5 Å². The molecule has 0 aromatic heterocycles. The number of halogens is 2. The fraction of sp³-hybridized carbons (Fsp3) is 0. The van der Waals surface area contributed by atoms with Gasteiger partial charge in [-0.25, -0.2) is 0 Å². The smallest absolute Gasteiger partial charge is 0.249 e. The van der Waals surface area contributed by atoms with Crippen molar-refractivity contribution in [3.8, 4) is 0 Å². The molecule has 4 N–H and O–H groups in total. The summed E-state index contributed by atoms with van der Waals surface area (Å²) in [6, 6.07) is 10.5. The van der Waals surface area contributed by atoms with E-state index < -0.39 is 5.91 Å². The number of nitrogen functional groups attached to an aromatic ring is 1. The summed E-state index contributed by atoms with van der Waals surface area (Å²) in [7, 11) is 0. The minimum Gasteiger partial charge on any atom is -0.398 e. The van der Waals surface area contributed by atoms with Crippen LogP contribution in [-0.4, -0.2) is 5.91 Å². The molecule has 0 atom stereocenters. The molecule has 19 heavy (non-hydrogen) atoms. The molecule has 0 aliphatic heterocycles. The molecule has 0 aliphatic rings. The molecule has 1 amide bonds. The van der Waals surface area contributed by atoms with Crippen LogP contribution in [0.25, 0.3) is 0 Å². The minimum absolute atomic E-state index is 0.367. The Balaban J connectivity index is 2.43. The van der Waals surface area contributed by atoms with Crippen LogP contribution >= 0.6 is 27.5 Å². The van der Waals surface area contributed by atoms with Gasteiger partial charge in [-0.2, -0.15) is 0 Å². The third kappa shape index (κ3) is 3.28. The predicted octanol–water partition coefficient (Wildman–Crippen LogP) is 3.38. The summed E-state index contributed by atoms with van der Waals surface area (Å²) in [6.07, 6.45) is 1.80. The number of primary amides is 1. The zero-order valence-electron chi connectivity index (χ0n) is 9.86. The lowest BCUT2D eigenvalue weighted by molar-refractivity contribution is 0.1000. The van der Waals surface area contributed by atoms with Crippen LogP contribution in [0, 0.1) is 6.42 Å². The highest BCUT2D eigenvalue weighted by Gasteiger charge is 2.11. The van der Waals surface area contributed by atoms with Crippen LogP contribution in [0.5, 0.6) is 0 Å². The SMILES string of the molecule is NC(=O)c1cc(Cl)ccc1[CH]c1cc(Br)ccc1N. The summed E-state index contributed by atoms with van der Waals surface area (Å²) in [5, 5.41) is 0.466. The van der Waals surface area contributed by atoms with Crippen LogP contribution < -0.4 is 11.5 Å². The molecule has 0 saturated heterocycles. The second-order valence-corrected chi connectivity index (χ2v) is 5.37. The van der Waals surface area contributed by atoms with Crippen molar-refractivity contribution in [2.45, 2.75) is 0 Å². The zero-order chi connectivity index (χ0) is 14.0.